The number of hydrogen-bond donors (Lipinski definition) is 1. The fourth-order valence-electron chi connectivity index (χ4n) is 4.31. The van der Waals surface area contributed by atoms with Gasteiger partial charge in [-0.25, -0.2) is 4.98 Å². The Kier molecular flexibility index (Phi) is 3.83. The SMILES string of the molecule is N#CCc1ccc(C(=O)N2CCN(c3ccnc4[nH]ccc34)CC23CC3)cc1. The third-order valence-electron chi connectivity index (χ3n) is 5.99. The molecule has 1 saturated heterocycles. The molecule has 28 heavy (non-hydrogen) atoms. The van der Waals surface area contributed by atoms with E-state index in [1.165, 1.54) is 5.69 Å². The number of nitrogens with one attached hydrogen (secondary N) is 1. The topological polar surface area (TPSA) is 76.0 Å². The fraction of sp³-hybridized carbons (Fsp3) is 0.318. The molecular formula is C22H21N5O. The van der Waals surface area contributed by atoms with Crippen LogP contribution in [0.25, 0.3) is 11.0 Å². The Labute approximate surface area is 163 Å². The van der Waals surface area contributed by atoms with Crippen molar-refractivity contribution in [1.29, 1.82) is 5.26 Å². The van der Waals surface area contributed by atoms with E-state index >= 15 is 0 Å². The van der Waals surface area contributed by atoms with Crippen molar-refractivity contribution < 1.29 is 4.79 Å². The molecule has 1 aromatic carbocycles. The number of hydrogen-bond acceptors (Lipinski definition) is 4. The Hall–Kier alpha value is -3.33. The van der Waals surface area contributed by atoms with Crippen LogP contribution in [0.1, 0.15) is 28.8 Å². The first-order chi connectivity index (χ1) is 13.7. The lowest BCUT2D eigenvalue weighted by atomic mass is 10.0. The van der Waals surface area contributed by atoms with E-state index in [1.807, 2.05) is 36.7 Å². The van der Waals surface area contributed by atoms with Gasteiger partial charge in [0.15, 0.2) is 0 Å². The number of anilines is 1. The highest BCUT2D eigenvalue weighted by atomic mass is 16.2. The van der Waals surface area contributed by atoms with E-state index in [0.717, 1.165) is 42.5 Å². The number of aromatic amines is 1. The molecule has 0 radical (unpaired) electrons. The van der Waals surface area contributed by atoms with Gasteiger partial charge in [-0.3, -0.25) is 4.79 Å². The maximum atomic E-state index is 13.2. The van der Waals surface area contributed by atoms with Gasteiger partial charge in [-0.2, -0.15) is 5.26 Å². The third-order valence-corrected chi connectivity index (χ3v) is 5.99. The molecule has 1 spiro atoms. The summed E-state index contributed by atoms with van der Waals surface area (Å²) in [5.74, 6) is 0.0992. The largest absolute Gasteiger partial charge is 0.367 e. The number of carbonyl (C=O) groups is 1. The van der Waals surface area contributed by atoms with Crippen LogP contribution < -0.4 is 4.90 Å². The number of fused-ring (bicyclic) bond motifs is 1. The summed E-state index contributed by atoms with van der Waals surface area (Å²) in [5.41, 5.74) is 3.67. The second-order valence-corrected chi connectivity index (χ2v) is 7.70. The summed E-state index contributed by atoms with van der Waals surface area (Å²) in [6, 6.07) is 13.7. The zero-order valence-electron chi connectivity index (χ0n) is 15.6. The predicted octanol–water partition coefficient (Wildman–Crippen LogP) is 3.12. The summed E-state index contributed by atoms with van der Waals surface area (Å²) in [6.45, 7) is 2.38. The molecule has 1 amide bonds. The molecule has 0 atom stereocenters. The molecule has 0 unspecified atom stereocenters. The lowest BCUT2D eigenvalue weighted by Gasteiger charge is -2.43. The molecule has 1 aliphatic carbocycles. The maximum Gasteiger partial charge on any atom is 0.254 e. The number of benzene rings is 1. The highest BCUT2D eigenvalue weighted by molar-refractivity contribution is 5.95. The van der Waals surface area contributed by atoms with Crippen molar-refractivity contribution in [1.82, 2.24) is 14.9 Å². The molecule has 2 aromatic heterocycles. The van der Waals surface area contributed by atoms with Crippen LogP contribution in [-0.4, -0.2) is 45.9 Å². The van der Waals surface area contributed by atoms with Gasteiger partial charge < -0.3 is 14.8 Å². The van der Waals surface area contributed by atoms with E-state index < -0.39 is 0 Å². The minimum absolute atomic E-state index is 0.0629. The molecule has 140 valence electrons. The van der Waals surface area contributed by atoms with Crippen LogP contribution in [0.3, 0.4) is 0 Å². The highest BCUT2D eigenvalue weighted by Gasteiger charge is 2.53. The summed E-state index contributed by atoms with van der Waals surface area (Å²) >= 11 is 0. The molecule has 2 fully saturated rings. The van der Waals surface area contributed by atoms with Crippen LogP contribution in [0.4, 0.5) is 5.69 Å². The van der Waals surface area contributed by atoms with Crippen LogP contribution in [-0.2, 0) is 6.42 Å². The van der Waals surface area contributed by atoms with Gasteiger partial charge in [0.25, 0.3) is 5.91 Å². The highest BCUT2D eigenvalue weighted by Crippen LogP contribution is 2.46. The number of H-pyrrole nitrogens is 1. The predicted molar refractivity (Wildman–Crippen MR) is 107 cm³/mol. The molecular weight excluding hydrogens is 350 g/mol. The van der Waals surface area contributed by atoms with Gasteiger partial charge >= 0.3 is 0 Å². The van der Waals surface area contributed by atoms with E-state index in [9.17, 15) is 4.79 Å². The molecule has 6 nitrogen and oxygen atoms in total. The van der Waals surface area contributed by atoms with Gasteiger partial charge in [0, 0.05) is 48.7 Å². The molecule has 3 aromatic rings. The number of amides is 1. The van der Waals surface area contributed by atoms with Crippen molar-refractivity contribution in [3.05, 3.63) is 59.9 Å². The van der Waals surface area contributed by atoms with Crippen LogP contribution in [0.5, 0.6) is 0 Å². The van der Waals surface area contributed by atoms with Crippen molar-refractivity contribution in [3.8, 4) is 6.07 Å². The first kappa shape index (κ1) is 16.8. The second kappa shape index (κ2) is 6.38. The smallest absolute Gasteiger partial charge is 0.254 e. The first-order valence-corrected chi connectivity index (χ1v) is 9.65. The molecule has 3 heterocycles. The minimum Gasteiger partial charge on any atom is -0.367 e. The van der Waals surface area contributed by atoms with Gasteiger partial charge in [-0.1, -0.05) is 12.1 Å². The van der Waals surface area contributed by atoms with Crippen molar-refractivity contribution in [3.63, 3.8) is 0 Å². The standard InChI is InChI=1S/C22H21N5O/c23-10-5-16-1-3-17(4-2-16)21(28)27-14-13-26(15-22(27)8-9-22)19-7-12-25-20-18(19)6-11-24-20/h1-4,6-7,11-12H,5,8-9,13-15H2,(H,24,25). The number of aromatic nitrogens is 2. The Morgan fingerprint density at radius 2 is 2.00 bits per heavy atom. The van der Waals surface area contributed by atoms with E-state index in [0.29, 0.717) is 18.5 Å². The second-order valence-electron chi connectivity index (χ2n) is 7.70. The normalized spacial score (nSPS) is 17.7. The van der Waals surface area contributed by atoms with Gasteiger partial charge in [0.1, 0.15) is 5.65 Å². The first-order valence-electron chi connectivity index (χ1n) is 9.65. The Balaban J connectivity index is 1.37. The number of nitrogens with zero attached hydrogens (tertiary/aromatic N) is 4. The molecule has 1 N–H and O–H groups in total. The number of carbonyl (C=O) groups excluding carboxylic acids is 1. The van der Waals surface area contributed by atoms with E-state index in [4.69, 9.17) is 5.26 Å². The molecule has 5 rings (SSSR count). The molecule has 0 bridgehead atoms. The number of pyridine rings is 1. The third kappa shape index (κ3) is 2.71. The van der Waals surface area contributed by atoms with Crippen LogP contribution in [0.15, 0.2) is 48.8 Å². The quantitative estimate of drug-likeness (QED) is 0.767. The molecule has 6 heteroatoms. The summed E-state index contributed by atoms with van der Waals surface area (Å²) in [4.78, 5) is 25.2. The summed E-state index contributed by atoms with van der Waals surface area (Å²) in [5, 5.41) is 9.94. The Morgan fingerprint density at radius 1 is 1.18 bits per heavy atom. The molecule has 1 saturated carbocycles. The van der Waals surface area contributed by atoms with Crippen molar-refractivity contribution in [2.24, 2.45) is 0 Å². The van der Waals surface area contributed by atoms with Crippen LogP contribution in [0.2, 0.25) is 0 Å². The lowest BCUT2D eigenvalue weighted by Crippen LogP contribution is -2.57. The molecule has 1 aliphatic heterocycles. The summed E-state index contributed by atoms with van der Waals surface area (Å²) in [6.07, 6.45) is 6.22. The average molecular weight is 371 g/mol. The van der Waals surface area contributed by atoms with E-state index in [2.05, 4.69) is 38.0 Å². The van der Waals surface area contributed by atoms with E-state index in [-0.39, 0.29) is 11.4 Å². The number of rotatable bonds is 3. The molecule has 2 aliphatic rings. The van der Waals surface area contributed by atoms with Crippen molar-refractivity contribution >= 4 is 22.6 Å². The Morgan fingerprint density at radius 3 is 2.75 bits per heavy atom. The van der Waals surface area contributed by atoms with Crippen LogP contribution >= 0.6 is 0 Å². The Bertz CT molecular complexity index is 1070. The zero-order valence-corrected chi connectivity index (χ0v) is 15.6. The van der Waals surface area contributed by atoms with Gasteiger partial charge in [-0.05, 0) is 42.7 Å². The zero-order chi connectivity index (χ0) is 19.1. The summed E-state index contributed by atoms with van der Waals surface area (Å²) in [7, 11) is 0. The monoisotopic (exact) mass is 371 g/mol. The van der Waals surface area contributed by atoms with E-state index in [1.54, 1.807) is 0 Å². The van der Waals surface area contributed by atoms with Crippen molar-refractivity contribution in [2.75, 3.05) is 24.5 Å². The minimum atomic E-state index is -0.0629. The lowest BCUT2D eigenvalue weighted by molar-refractivity contribution is 0.0625. The average Bonchev–Trinajstić information content (AvgIpc) is 3.30. The maximum absolute atomic E-state index is 13.2. The number of piperazine rings is 1. The van der Waals surface area contributed by atoms with Gasteiger partial charge in [0.2, 0.25) is 0 Å². The van der Waals surface area contributed by atoms with Gasteiger partial charge in [-0.15, -0.1) is 0 Å². The van der Waals surface area contributed by atoms with Gasteiger partial charge in [0.05, 0.1) is 18.0 Å². The fourth-order valence-corrected chi connectivity index (χ4v) is 4.31. The van der Waals surface area contributed by atoms with Crippen molar-refractivity contribution in [2.45, 2.75) is 24.8 Å². The number of nitriles is 1. The van der Waals surface area contributed by atoms with Crippen LogP contribution in [0, 0.1) is 11.3 Å². The summed E-state index contributed by atoms with van der Waals surface area (Å²) < 4.78 is 0.